The molecule has 4 atom stereocenters. The molecular formula is C37H53N5O4. The van der Waals surface area contributed by atoms with Crippen LogP contribution in [0.3, 0.4) is 0 Å². The van der Waals surface area contributed by atoms with Crippen LogP contribution in [0.4, 0.5) is 5.69 Å². The summed E-state index contributed by atoms with van der Waals surface area (Å²) in [5.74, 6) is -0.710. The molecule has 2 saturated heterocycles. The van der Waals surface area contributed by atoms with Crippen LogP contribution in [-0.4, -0.2) is 89.7 Å². The Bertz CT molecular complexity index is 1460. The van der Waals surface area contributed by atoms with Gasteiger partial charge in [-0.2, -0.15) is 0 Å². The fraction of sp³-hybridized carbons (Fsp3) is 0.568. The van der Waals surface area contributed by atoms with E-state index in [9.17, 15) is 19.2 Å². The molecule has 2 fully saturated rings. The number of hydrogen-bond donors (Lipinski definition) is 2. The molecule has 0 aromatic heterocycles. The first kappa shape index (κ1) is 35.1. The molecule has 0 radical (unpaired) electrons. The van der Waals surface area contributed by atoms with Crippen LogP contribution >= 0.6 is 0 Å². The van der Waals surface area contributed by atoms with Gasteiger partial charge in [-0.05, 0) is 80.4 Å². The second kappa shape index (κ2) is 14.8. The zero-order valence-electron chi connectivity index (χ0n) is 28.9. The van der Waals surface area contributed by atoms with E-state index in [-0.39, 0.29) is 41.6 Å². The summed E-state index contributed by atoms with van der Waals surface area (Å²) in [5.41, 5.74) is 0.667. The van der Waals surface area contributed by atoms with E-state index in [1.54, 1.807) is 23.8 Å². The van der Waals surface area contributed by atoms with Crippen molar-refractivity contribution < 1.29 is 19.2 Å². The summed E-state index contributed by atoms with van der Waals surface area (Å²) in [6, 6.07) is 11.8. The molecule has 2 aromatic carbocycles. The number of rotatable bonds is 9. The maximum atomic E-state index is 14.1. The number of nitrogens with zero attached hydrogens (tertiary/aromatic N) is 3. The van der Waals surface area contributed by atoms with Crippen LogP contribution in [0.1, 0.15) is 73.6 Å². The highest BCUT2D eigenvalue weighted by molar-refractivity contribution is 6.02. The summed E-state index contributed by atoms with van der Waals surface area (Å²) >= 11 is 0. The molecule has 2 N–H and O–H groups in total. The fourth-order valence-corrected chi connectivity index (χ4v) is 6.72. The maximum Gasteiger partial charge on any atom is 0.249 e. The van der Waals surface area contributed by atoms with Gasteiger partial charge in [0, 0.05) is 24.9 Å². The largest absolute Gasteiger partial charge is 0.342 e. The Morgan fingerprint density at radius 3 is 2.24 bits per heavy atom. The van der Waals surface area contributed by atoms with Crippen molar-refractivity contribution in [2.75, 3.05) is 32.5 Å². The molecule has 0 saturated carbocycles. The SMILES string of the molecule is C/C(=C\[C@H](C(C)C)N(C)C(=O)[C@@H](NC(=O)C1CCCCN1C)C(C)(C)C)C(=O)N1CCC[C@H]1C(=O)Nc1ccc2ccccc2c1. The van der Waals surface area contributed by atoms with Crippen LogP contribution in [0.25, 0.3) is 10.8 Å². The molecule has 4 rings (SSSR count). The number of piperidine rings is 1. The minimum absolute atomic E-state index is 0.00285. The zero-order chi connectivity index (χ0) is 33.8. The first-order chi connectivity index (χ1) is 21.7. The first-order valence-electron chi connectivity index (χ1n) is 16.8. The molecule has 2 aromatic rings. The predicted octanol–water partition coefficient (Wildman–Crippen LogP) is 5.21. The van der Waals surface area contributed by atoms with E-state index in [4.69, 9.17) is 0 Å². The van der Waals surface area contributed by atoms with Crippen LogP contribution in [0.2, 0.25) is 0 Å². The lowest BCUT2D eigenvalue weighted by atomic mass is 9.84. The van der Waals surface area contributed by atoms with Gasteiger partial charge in [0.2, 0.25) is 23.6 Å². The molecule has 2 heterocycles. The highest BCUT2D eigenvalue weighted by atomic mass is 16.2. The number of carbonyl (C=O) groups excluding carboxylic acids is 4. The molecule has 2 aliphatic heterocycles. The lowest BCUT2D eigenvalue weighted by Gasteiger charge is -2.39. The molecule has 9 nitrogen and oxygen atoms in total. The summed E-state index contributed by atoms with van der Waals surface area (Å²) in [4.78, 5) is 60.0. The van der Waals surface area contributed by atoms with E-state index in [0.717, 1.165) is 43.0 Å². The second-order valence-electron chi connectivity index (χ2n) is 14.5. The van der Waals surface area contributed by atoms with Crippen LogP contribution in [0, 0.1) is 11.3 Å². The Hall–Kier alpha value is -3.72. The fourth-order valence-electron chi connectivity index (χ4n) is 6.72. The topological polar surface area (TPSA) is 102 Å². The molecule has 2 aliphatic rings. The van der Waals surface area contributed by atoms with E-state index < -0.39 is 17.5 Å². The van der Waals surface area contributed by atoms with Gasteiger partial charge in [-0.3, -0.25) is 24.1 Å². The van der Waals surface area contributed by atoms with Gasteiger partial charge in [-0.1, -0.05) is 77.4 Å². The third-order valence-electron chi connectivity index (χ3n) is 9.54. The maximum absolute atomic E-state index is 14.1. The van der Waals surface area contributed by atoms with Crippen LogP contribution in [0.15, 0.2) is 54.1 Å². The molecule has 9 heteroatoms. The van der Waals surface area contributed by atoms with Crippen molar-refractivity contribution in [1.29, 1.82) is 0 Å². The van der Waals surface area contributed by atoms with E-state index >= 15 is 0 Å². The number of likely N-dealkylation sites (tertiary alicyclic amines) is 2. The summed E-state index contributed by atoms with van der Waals surface area (Å²) in [7, 11) is 3.70. The van der Waals surface area contributed by atoms with Gasteiger partial charge in [0.1, 0.15) is 12.1 Å². The predicted molar refractivity (Wildman–Crippen MR) is 184 cm³/mol. The number of anilines is 1. The summed E-state index contributed by atoms with van der Waals surface area (Å²) in [6.07, 6.45) is 6.01. The van der Waals surface area contributed by atoms with Gasteiger partial charge in [0.25, 0.3) is 0 Å². The minimum Gasteiger partial charge on any atom is -0.342 e. The molecule has 46 heavy (non-hydrogen) atoms. The standard InChI is InChI=1S/C37H53N5O4/c1-24(2)31(41(8)36(46)32(37(4,5)6)39-33(43)29-16-11-12-20-40(29)7)22-25(3)35(45)42-21-13-17-30(42)34(44)38-28-19-18-26-14-9-10-15-27(26)23-28/h9-10,14-15,18-19,22-24,29-32H,11-13,16-17,20-21H2,1-8H3,(H,38,44)(H,39,43)/b25-22+/t29?,30-,31+,32+/m0/s1. The van der Waals surface area contributed by atoms with Gasteiger partial charge in [-0.25, -0.2) is 0 Å². The van der Waals surface area contributed by atoms with Gasteiger partial charge >= 0.3 is 0 Å². The first-order valence-corrected chi connectivity index (χ1v) is 16.8. The highest BCUT2D eigenvalue weighted by Gasteiger charge is 2.40. The van der Waals surface area contributed by atoms with Gasteiger partial charge in [0.05, 0.1) is 12.1 Å². The van der Waals surface area contributed by atoms with E-state index in [2.05, 4.69) is 15.5 Å². The molecule has 1 unspecified atom stereocenters. The van der Waals surface area contributed by atoms with Crippen molar-refractivity contribution in [3.8, 4) is 0 Å². The summed E-state index contributed by atoms with van der Waals surface area (Å²) < 4.78 is 0. The lowest BCUT2D eigenvalue weighted by molar-refractivity contribution is -0.141. The molecule has 0 spiro atoms. The number of amides is 4. The van der Waals surface area contributed by atoms with E-state index in [0.29, 0.717) is 24.2 Å². The van der Waals surface area contributed by atoms with Crippen LogP contribution < -0.4 is 10.6 Å². The number of fused-ring (bicyclic) bond motifs is 1. The Kier molecular flexibility index (Phi) is 11.3. The Balaban J connectivity index is 1.48. The molecule has 4 amide bonds. The van der Waals surface area contributed by atoms with Crippen molar-refractivity contribution in [2.24, 2.45) is 11.3 Å². The number of benzene rings is 2. The Labute approximate surface area is 274 Å². The molecular weight excluding hydrogens is 578 g/mol. The van der Waals surface area contributed by atoms with Crippen LogP contribution in [-0.2, 0) is 19.2 Å². The van der Waals surface area contributed by atoms with Gasteiger partial charge in [0.15, 0.2) is 0 Å². The lowest BCUT2D eigenvalue weighted by Crippen LogP contribution is -2.59. The normalized spacial score (nSPS) is 20.8. The third-order valence-corrected chi connectivity index (χ3v) is 9.54. The number of hydrogen-bond acceptors (Lipinski definition) is 5. The van der Waals surface area contributed by atoms with Gasteiger partial charge < -0.3 is 20.4 Å². The van der Waals surface area contributed by atoms with Crippen molar-refractivity contribution in [3.05, 3.63) is 54.1 Å². The van der Waals surface area contributed by atoms with Crippen molar-refractivity contribution in [2.45, 2.75) is 97.8 Å². The van der Waals surface area contributed by atoms with Crippen LogP contribution in [0.5, 0.6) is 0 Å². The Morgan fingerprint density at radius 1 is 0.913 bits per heavy atom. The van der Waals surface area contributed by atoms with Crippen molar-refractivity contribution >= 4 is 40.1 Å². The van der Waals surface area contributed by atoms with E-state index in [1.807, 2.05) is 90.2 Å². The zero-order valence-corrected chi connectivity index (χ0v) is 28.9. The van der Waals surface area contributed by atoms with Crippen molar-refractivity contribution in [3.63, 3.8) is 0 Å². The van der Waals surface area contributed by atoms with E-state index in [1.165, 1.54) is 0 Å². The third kappa shape index (κ3) is 8.16. The highest BCUT2D eigenvalue weighted by Crippen LogP contribution is 2.27. The molecule has 0 bridgehead atoms. The monoisotopic (exact) mass is 631 g/mol. The minimum atomic E-state index is -0.729. The Morgan fingerprint density at radius 2 is 1.59 bits per heavy atom. The summed E-state index contributed by atoms with van der Waals surface area (Å²) in [6.45, 7) is 13.0. The molecule has 0 aliphatic carbocycles. The summed E-state index contributed by atoms with van der Waals surface area (Å²) in [5, 5.41) is 8.23. The quantitative estimate of drug-likeness (QED) is 0.370. The number of carbonyl (C=O) groups is 4. The second-order valence-corrected chi connectivity index (χ2v) is 14.5. The number of nitrogens with one attached hydrogen (secondary N) is 2. The van der Waals surface area contributed by atoms with Gasteiger partial charge in [-0.15, -0.1) is 0 Å². The number of likely N-dealkylation sites (N-methyl/N-ethyl adjacent to an activating group) is 2. The smallest absolute Gasteiger partial charge is 0.249 e. The average Bonchev–Trinajstić information content (AvgIpc) is 3.51. The molecule has 250 valence electrons. The average molecular weight is 632 g/mol. The van der Waals surface area contributed by atoms with Crippen molar-refractivity contribution in [1.82, 2.24) is 20.0 Å².